The van der Waals surface area contributed by atoms with Crippen molar-refractivity contribution < 1.29 is 9.53 Å². The van der Waals surface area contributed by atoms with Gasteiger partial charge in [-0.05, 0) is 66.8 Å². The number of carbonyl (C=O) groups excluding carboxylic acids is 1. The third-order valence-electron chi connectivity index (χ3n) is 3.91. The average molecular weight is 486 g/mol. The van der Waals surface area contributed by atoms with Crippen molar-refractivity contribution in [1.82, 2.24) is 0 Å². The first-order chi connectivity index (χ1) is 12.0. The summed E-state index contributed by atoms with van der Waals surface area (Å²) < 4.78 is 6.75. The van der Waals surface area contributed by atoms with Gasteiger partial charge in [-0.25, -0.2) is 0 Å². The smallest absolute Gasteiger partial charge is 0.155 e. The lowest BCUT2D eigenvalue weighted by molar-refractivity contribution is -0.112. The fraction of sp³-hybridized carbons (Fsp3) is 0.211. The minimum absolute atomic E-state index is 0.0366. The lowest BCUT2D eigenvalue weighted by atomic mass is 10.0. The molecule has 0 radical (unpaired) electrons. The number of anilines is 1. The number of hydrogen-bond donors (Lipinski definition) is 0. The minimum Gasteiger partial charge on any atom is -0.496 e. The van der Waals surface area contributed by atoms with Crippen LogP contribution in [0.3, 0.4) is 0 Å². The van der Waals surface area contributed by atoms with Gasteiger partial charge in [-0.3, -0.25) is 4.79 Å². The maximum Gasteiger partial charge on any atom is 0.155 e. The first kappa shape index (κ1) is 18.6. The van der Waals surface area contributed by atoms with Gasteiger partial charge < -0.3 is 9.64 Å². The molecule has 0 aliphatic carbocycles. The predicted molar refractivity (Wildman–Crippen MR) is 114 cm³/mol. The van der Waals surface area contributed by atoms with Crippen molar-refractivity contribution >= 4 is 57.4 Å². The van der Waals surface area contributed by atoms with E-state index in [9.17, 15) is 4.79 Å². The van der Waals surface area contributed by atoms with Crippen LogP contribution in [-0.2, 0) is 4.79 Å². The summed E-state index contributed by atoms with van der Waals surface area (Å²) in [5.74, 6) is 0.806. The van der Waals surface area contributed by atoms with Gasteiger partial charge in [0.15, 0.2) is 5.78 Å². The van der Waals surface area contributed by atoms with Crippen LogP contribution in [0.1, 0.15) is 13.8 Å². The summed E-state index contributed by atoms with van der Waals surface area (Å²) in [6, 6.07) is 9.94. The Balaban J connectivity index is 2.30. The molecule has 3 nitrogen and oxygen atoms in total. The summed E-state index contributed by atoms with van der Waals surface area (Å²) in [6.45, 7) is 4.40. The quantitative estimate of drug-likeness (QED) is 0.393. The van der Waals surface area contributed by atoms with Gasteiger partial charge in [0.1, 0.15) is 5.75 Å². The van der Waals surface area contributed by atoms with Crippen molar-refractivity contribution in [3.05, 3.63) is 50.0 Å². The van der Waals surface area contributed by atoms with Gasteiger partial charge in [0.05, 0.1) is 23.4 Å². The van der Waals surface area contributed by atoms with E-state index < -0.39 is 0 Å². The SMILES string of the molecule is CCN1/C(=C/C(C)=O)Sc2ccc(OC)c(-c3cc(I)ccc3Cl)c21. The zero-order valence-electron chi connectivity index (χ0n) is 14.1. The second-order valence-corrected chi connectivity index (χ2v) is 8.27. The first-order valence-corrected chi connectivity index (χ1v) is 10.1. The Kier molecular flexibility index (Phi) is 5.65. The number of benzene rings is 2. The topological polar surface area (TPSA) is 29.5 Å². The second kappa shape index (κ2) is 7.60. The van der Waals surface area contributed by atoms with Crippen LogP contribution < -0.4 is 9.64 Å². The maximum atomic E-state index is 11.6. The summed E-state index contributed by atoms with van der Waals surface area (Å²) >= 11 is 10.4. The molecule has 0 aromatic heterocycles. The summed E-state index contributed by atoms with van der Waals surface area (Å²) in [6.07, 6.45) is 1.68. The number of fused-ring (bicyclic) bond motifs is 1. The van der Waals surface area contributed by atoms with Crippen molar-refractivity contribution in [1.29, 1.82) is 0 Å². The number of halogens is 2. The fourth-order valence-electron chi connectivity index (χ4n) is 2.90. The lowest BCUT2D eigenvalue weighted by Gasteiger charge is -2.23. The van der Waals surface area contributed by atoms with E-state index in [0.29, 0.717) is 5.02 Å². The van der Waals surface area contributed by atoms with Crippen molar-refractivity contribution in [3.63, 3.8) is 0 Å². The summed E-state index contributed by atoms with van der Waals surface area (Å²) in [7, 11) is 1.66. The van der Waals surface area contributed by atoms with Gasteiger partial charge in [0, 0.05) is 31.7 Å². The molecule has 1 aliphatic heterocycles. The van der Waals surface area contributed by atoms with Gasteiger partial charge in [-0.15, -0.1) is 0 Å². The first-order valence-electron chi connectivity index (χ1n) is 7.80. The zero-order chi connectivity index (χ0) is 18.1. The molecule has 0 atom stereocenters. The lowest BCUT2D eigenvalue weighted by Crippen LogP contribution is -2.18. The van der Waals surface area contributed by atoms with E-state index in [1.54, 1.807) is 31.9 Å². The summed E-state index contributed by atoms with van der Waals surface area (Å²) in [4.78, 5) is 14.9. The van der Waals surface area contributed by atoms with Gasteiger partial charge in [0.2, 0.25) is 0 Å². The van der Waals surface area contributed by atoms with E-state index in [4.69, 9.17) is 16.3 Å². The highest BCUT2D eigenvalue weighted by Crippen LogP contribution is 2.54. The van der Waals surface area contributed by atoms with Crippen molar-refractivity contribution in [2.24, 2.45) is 0 Å². The molecule has 3 rings (SSSR count). The Morgan fingerprint density at radius 1 is 1.36 bits per heavy atom. The molecule has 2 aromatic rings. The number of ketones is 1. The van der Waals surface area contributed by atoms with Crippen LogP contribution in [0.15, 0.2) is 46.3 Å². The molecule has 0 N–H and O–H groups in total. The number of allylic oxidation sites excluding steroid dienone is 1. The summed E-state index contributed by atoms with van der Waals surface area (Å²) in [5.41, 5.74) is 2.94. The molecule has 0 amide bonds. The number of thioether (sulfide) groups is 1. The molecule has 0 unspecified atom stereocenters. The molecule has 1 heterocycles. The maximum absolute atomic E-state index is 11.6. The van der Waals surface area contributed by atoms with Crippen LogP contribution in [0.2, 0.25) is 5.02 Å². The third-order valence-corrected chi connectivity index (χ3v) is 6.01. The highest BCUT2D eigenvalue weighted by molar-refractivity contribution is 14.1. The van der Waals surface area contributed by atoms with Gasteiger partial charge >= 0.3 is 0 Å². The molecule has 25 heavy (non-hydrogen) atoms. The second-order valence-electron chi connectivity index (χ2n) is 5.55. The van der Waals surface area contributed by atoms with Gasteiger partial charge in [-0.1, -0.05) is 23.4 Å². The number of methoxy groups -OCH3 is 1. The molecule has 0 fully saturated rings. The van der Waals surface area contributed by atoms with E-state index in [1.807, 2.05) is 24.3 Å². The predicted octanol–water partition coefficient (Wildman–Crippen LogP) is 5.98. The molecule has 2 aromatic carbocycles. The number of hydrogen-bond acceptors (Lipinski definition) is 4. The van der Waals surface area contributed by atoms with E-state index >= 15 is 0 Å². The molecular formula is C19H17ClINO2S. The van der Waals surface area contributed by atoms with Crippen molar-refractivity contribution in [2.75, 3.05) is 18.6 Å². The van der Waals surface area contributed by atoms with E-state index in [2.05, 4.69) is 40.5 Å². The zero-order valence-corrected chi connectivity index (χ0v) is 17.8. The molecular weight excluding hydrogens is 469 g/mol. The molecule has 0 saturated carbocycles. The van der Waals surface area contributed by atoms with Crippen LogP contribution in [0.25, 0.3) is 11.1 Å². The Bertz CT molecular complexity index is 882. The molecule has 6 heteroatoms. The molecule has 0 spiro atoms. The van der Waals surface area contributed by atoms with E-state index in [1.165, 1.54) is 0 Å². The van der Waals surface area contributed by atoms with Crippen molar-refractivity contribution in [3.8, 4) is 16.9 Å². The van der Waals surface area contributed by atoms with Gasteiger partial charge in [-0.2, -0.15) is 0 Å². The number of ether oxygens (including phenoxy) is 1. The standard InChI is InChI=1S/C19H17ClINO2S/c1-4-22-17(9-11(2)23)25-16-8-7-15(24-3)18(19(16)22)13-10-12(21)5-6-14(13)20/h5-10H,4H2,1-3H3/b17-9-. The molecule has 130 valence electrons. The average Bonchev–Trinajstić information content (AvgIpc) is 2.92. The summed E-state index contributed by atoms with van der Waals surface area (Å²) in [5, 5.41) is 1.61. The van der Waals surface area contributed by atoms with Gasteiger partial charge in [0.25, 0.3) is 0 Å². The Morgan fingerprint density at radius 3 is 2.76 bits per heavy atom. The number of carbonyl (C=O) groups is 1. The van der Waals surface area contributed by atoms with Crippen LogP contribution in [0.4, 0.5) is 5.69 Å². The normalized spacial score (nSPS) is 14.8. The van der Waals surface area contributed by atoms with Crippen LogP contribution in [0.5, 0.6) is 5.75 Å². The molecule has 0 bridgehead atoms. The molecule has 1 aliphatic rings. The number of nitrogens with zero attached hydrogens (tertiary/aromatic N) is 1. The van der Waals surface area contributed by atoms with Crippen LogP contribution in [-0.4, -0.2) is 19.4 Å². The minimum atomic E-state index is 0.0366. The Morgan fingerprint density at radius 2 is 2.12 bits per heavy atom. The Hall–Kier alpha value is -1.18. The Labute approximate surface area is 170 Å². The molecule has 0 saturated heterocycles. The van der Waals surface area contributed by atoms with Crippen molar-refractivity contribution in [2.45, 2.75) is 18.7 Å². The number of rotatable bonds is 4. The van der Waals surface area contributed by atoms with Crippen LogP contribution in [0, 0.1) is 3.57 Å². The third kappa shape index (κ3) is 3.55. The van der Waals surface area contributed by atoms with E-state index in [0.717, 1.165) is 42.6 Å². The monoisotopic (exact) mass is 485 g/mol. The fourth-order valence-corrected chi connectivity index (χ4v) is 4.83. The van der Waals surface area contributed by atoms with E-state index in [-0.39, 0.29) is 5.78 Å². The highest BCUT2D eigenvalue weighted by atomic mass is 127. The highest BCUT2D eigenvalue weighted by Gasteiger charge is 2.30. The van der Waals surface area contributed by atoms with Crippen LogP contribution >= 0.6 is 46.0 Å². The largest absolute Gasteiger partial charge is 0.496 e.